The number of amides is 1. The molecule has 7 nitrogen and oxygen atoms in total. The van der Waals surface area contributed by atoms with E-state index in [1.165, 1.54) is 6.20 Å². The standard InChI is InChI=1S/C20H19N3O4/c24-12-16(13-4-2-1-3-5-13)22-20(25)15-11-21-23-19(15)14-6-7-17-18(10-14)27-9-8-26-17/h1-7,10-11,16,24H,8-9,12H2,(H,21,23)(H,22,25)/t16-/m0/s1. The smallest absolute Gasteiger partial charge is 0.255 e. The zero-order chi connectivity index (χ0) is 18.6. The summed E-state index contributed by atoms with van der Waals surface area (Å²) in [6.07, 6.45) is 1.47. The highest BCUT2D eigenvalue weighted by atomic mass is 16.6. The molecular weight excluding hydrogens is 346 g/mol. The van der Waals surface area contributed by atoms with Crippen molar-refractivity contribution in [3.8, 4) is 22.8 Å². The van der Waals surface area contributed by atoms with Gasteiger partial charge in [-0.15, -0.1) is 0 Å². The first kappa shape index (κ1) is 17.1. The second-order valence-corrected chi connectivity index (χ2v) is 6.14. The number of hydrogen-bond donors (Lipinski definition) is 3. The molecule has 0 radical (unpaired) electrons. The first-order valence-corrected chi connectivity index (χ1v) is 8.66. The van der Waals surface area contributed by atoms with Crippen LogP contribution in [-0.4, -0.2) is 41.0 Å². The molecule has 7 heteroatoms. The van der Waals surface area contributed by atoms with Gasteiger partial charge in [-0.1, -0.05) is 30.3 Å². The predicted molar refractivity (Wildman–Crippen MR) is 98.7 cm³/mol. The average Bonchev–Trinajstić information content (AvgIpc) is 3.22. The van der Waals surface area contributed by atoms with Crippen LogP contribution >= 0.6 is 0 Å². The lowest BCUT2D eigenvalue weighted by Crippen LogP contribution is -2.30. The van der Waals surface area contributed by atoms with Gasteiger partial charge in [0, 0.05) is 5.56 Å². The molecular formula is C20H19N3O4. The molecule has 2 aromatic carbocycles. The molecule has 3 aromatic rings. The van der Waals surface area contributed by atoms with Crippen molar-refractivity contribution in [3.63, 3.8) is 0 Å². The second kappa shape index (κ2) is 7.51. The Kier molecular flexibility index (Phi) is 4.76. The topological polar surface area (TPSA) is 96.5 Å². The van der Waals surface area contributed by atoms with Crippen molar-refractivity contribution >= 4 is 5.91 Å². The maximum Gasteiger partial charge on any atom is 0.255 e. The van der Waals surface area contributed by atoms with Crippen molar-refractivity contribution in [1.29, 1.82) is 0 Å². The number of nitrogens with one attached hydrogen (secondary N) is 2. The highest BCUT2D eigenvalue weighted by Gasteiger charge is 2.21. The van der Waals surface area contributed by atoms with E-state index in [0.29, 0.717) is 36.0 Å². The van der Waals surface area contributed by atoms with Gasteiger partial charge < -0.3 is 19.9 Å². The Balaban J connectivity index is 1.59. The van der Waals surface area contributed by atoms with Gasteiger partial charge in [0.05, 0.1) is 30.1 Å². The van der Waals surface area contributed by atoms with Crippen LogP contribution in [0.3, 0.4) is 0 Å². The maximum atomic E-state index is 12.8. The first-order valence-electron chi connectivity index (χ1n) is 8.66. The van der Waals surface area contributed by atoms with E-state index >= 15 is 0 Å². The molecule has 0 bridgehead atoms. The summed E-state index contributed by atoms with van der Waals surface area (Å²) in [5.41, 5.74) is 2.56. The van der Waals surface area contributed by atoms with Gasteiger partial charge in [0.1, 0.15) is 13.2 Å². The summed E-state index contributed by atoms with van der Waals surface area (Å²) in [5, 5.41) is 19.4. The largest absolute Gasteiger partial charge is 0.486 e. The number of H-pyrrole nitrogens is 1. The second-order valence-electron chi connectivity index (χ2n) is 6.14. The van der Waals surface area contributed by atoms with Gasteiger partial charge in [0.25, 0.3) is 5.91 Å². The van der Waals surface area contributed by atoms with Crippen LogP contribution in [0.2, 0.25) is 0 Å². The fourth-order valence-electron chi connectivity index (χ4n) is 3.03. The third-order valence-electron chi connectivity index (χ3n) is 4.40. The van der Waals surface area contributed by atoms with Crippen molar-refractivity contribution < 1.29 is 19.4 Å². The number of aliphatic hydroxyl groups excluding tert-OH is 1. The van der Waals surface area contributed by atoms with Gasteiger partial charge >= 0.3 is 0 Å². The van der Waals surface area contributed by atoms with Crippen LogP contribution in [-0.2, 0) is 0 Å². The van der Waals surface area contributed by atoms with Crippen LogP contribution in [0.4, 0.5) is 0 Å². The molecule has 0 spiro atoms. The van der Waals surface area contributed by atoms with Crippen molar-refractivity contribution in [2.45, 2.75) is 6.04 Å². The molecule has 1 aliphatic heterocycles. The summed E-state index contributed by atoms with van der Waals surface area (Å²) >= 11 is 0. The number of ether oxygens (including phenoxy) is 2. The molecule has 138 valence electrons. The van der Waals surface area contributed by atoms with Gasteiger partial charge in [-0.2, -0.15) is 5.10 Å². The van der Waals surface area contributed by atoms with E-state index in [-0.39, 0.29) is 12.5 Å². The van der Waals surface area contributed by atoms with Crippen LogP contribution in [0, 0.1) is 0 Å². The van der Waals surface area contributed by atoms with E-state index in [4.69, 9.17) is 9.47 Å². The van der Waals surface area contributed by atoms with Crippen LogP contribution in [0.25, 0.3) is 11.3 Å². The van der Waals surface area contributed by atoms with Gasteiger partial charge in [-0.05, 0) is 23.8 Å². The number of rotatable bonds is 5. The zero-order valence-corrected chi connectivity index (χ0v) is 14.5. The third kappa shape index (κ3) is 3.50. The lowest BCUT2D eigenvalue weighted by atomic mass is 10.0. The molecule has 1 aliphatic rings. The molecule has 1 atom stereocenters. The van der Waals surface area contributed by atoms with E-state index in [0.717, 1.165) is 11.1 Å². The Morgan fingerprint density at radius 2 is 1.93 bits per heavy atom. The monoisotopic (exact) mass is 365 g/mol. The molecule has 0 aliphatic carbocycles. The molecule has 1 aromatic heterocycles. The normalized spacial score (nSPS) is 13.8. The fourth-order valence-corrected chi connectivity index (χ4v) is 3.03. The van der Waals surface area contributed by atoms with Gasteiger partial charge in [-0.25, -0.2) is 0 Å². The highest BCUT2D eigenvalue weighted by molar-refractivity contribution is 6.00. The SMILES string of the molecule is O=C(N[C@@H](CO)c1ccccc1)c1cn[nH]c1-c1ccc2c(c1)OCCO2. The minimum Gasteiger partial charge on any atom is -0.486 e. The molecule has 27 heavy (non-hydrogen) atoms. The maximum absolute atomic E-state index is 12.8. The molecule has 0 saturated heterocycles. The van der Waals surface area contributed by atoms with Crippen molar-refractivity contribution in [3.05, 3.63) is 65.9 Å². The van der Waals surface area contributed by atoms with Crippen molar-refractivity contribution in [1.82, 2.24) is 15.5 Å². The molecule has 3 N–H and O–H groups in total. The van der Waals surface area contributed by atoms with E-state index in [1.54, 1.807) is 0 Å². The summed E-state index contributed by atoms with van der Waals surface area (Å²) < 4.78 is 11.1. The average molecular weight is 365 g/mol. The summed E-state index contributed by atoms with van der Waals surface area (Å²) in [6.45, 7) is 0.807. The Hall–Kier alpha value is -3.32. The Morgan fingerprint density at radius 1 is 1.15 bits per heavy atom. The number of carbonyl (C=O) groups is 1. The Bertz CT molecular complexity index is 939. The summed E-state index contributed by atoms with van der Waals surface area (Å²) in [7, 11) is 0. The van der Waals surface area contributed by atoms with Crippen LogP contribution in [0.5, 0.6) is 11.5 Å². The van der Waals surface area contributed by atoms with E-state index in [9.17, 15) is 9.90 Å². The number of aliphatic hydroxyl groups is 1. The van der Waals surface area contributed by atoms with E-state index < -0.39 is 6.04 Å². The molecule has 2 heterocycles. The number of carbonyl (C=O) groups excluding carboxylic acids is 1. The highest BCUT2D eigenvalue weighted by Crippen LogP contribution is 2.34. The van der Waals surface area contributed by atoms with Gasteiger partial charge in [0.15, 0.2) is 11.5 Å². The number of aromatic nitrogens is 2. The lowest BCUT2D eigenvalue weighted by molar-refractivity contribution is 0.0917. The Morgan fingerprint density at radius 3 is 2.70 bits per heavy atom. The number of fused-ring (bicyclic) bond motifs is 1. The lowest BCUT2D eigenvalue weighted by Gasteiger charge is -2.19. The molecule has 0 saturated carbocycles. The summed E-state index contributed by atoms with van der Waals surface area (Å²) in [4.78, 5) is 12.8. The quantitative estimate of drug-likeness (QED) is 0.645. The molecule has 4 rings (SSSR count). The first-order chi connectivity index (χ1) is 13.3. The number of benzene rings is 2. The van der Waals surface area contributed by atoms with Crippen LogP contribution < -0.4 is 14.8 Å². The van der Waals surface area contributed by atoms with Gasteiger partial charge in [0.2, 0.25) is 0 Å². The van der Waals surface area contributed by atoms with E-state index in [2.05, 4.69) is 15.5 Å². The number of aromatic amines is 1. The van der Waals surface area contributed by atoms with Crippen molar-refractivity contribution in [2.24, 2.45) is 0 Å². The minimum absolute atomic E-state index is 0.201. The molecule has 0 fully saturated rings. The van der Waals surface area contributed by atoms with Crippen molar-refractivity contribution in [2.75, 3.05) is 19.8 Å². The third-order valence-corrected chi connectivity index (χ3v) is 4.40. The summed E-state index contributed by atoms with van der Waals surface area (Å²) in [6, 6.07) is 14.3. The zero-order valence-electron chi connectivity index (χ0n) is 14.5. The Labute approximate surface area is 155 Å². The fraction of sp³-hybridized carbons (Fsp3) is 0.200. The number of hydrogen-bond acceptors (Lipinski definition) is 5. The van der Waals surface area contributed by atoms with Crippen LogP contribution in [0.15, 0.2) is 54.7 Å². The molecule has 0 unspecified atom stereocenters. The van der Waals surface area contributed by atoms with Crippen LogP contribution in [0.1, 0.15) is 22.0 Å². The summed E-state index contributed by atoms with van der Waals surface area (Å²) in [5.74, 6) is 0.994. The van der Waals surface area contributed by atoms with E-state index in [1.807, 2.05) is 48.5 Å². The number of nitrogens with zero attached hydrogens (tertiary/aromatic N) is 1. The minimum atomic E-state index is -0.498. The predicted octanol–water partition coefficient (Wildman–Crippen LogP) is 2.31. The molecule has 1 amide bonds. The van der Waals surface area contributed by atoms with Gasteiger partial charge in [-0.3, -0.25) is 9.89 Å².